The molecule has 0 saturated carbocycles. The van der Waals surface area contributed by atoms with Gasteiger partial charge in [-0.15, -0.1) is 0 Å². The van der Waals surface area contributed by atoms with Gasteiger partial charge >= 0.3 is 0 Å². The number of rotatable bonds is 3. The summed E-state index contributed by atoms with van der Waals surface area (Å²) in [5, 5.41) is 0. The molecule has 80 valence electrons. The van der Waals surface area contributed by atoms with Gasteiger partial charge in [-0.05, 0) is 19.4 Å². The molecule has 1 rings (SSSR count). The number of benzene rings is 1. The third-order valence-electron chi connectivity index (χ3n) is 1.90. The van der Waals surface area contributed by atoms with E-state index in [0.717, 1.165) is 4.43 Å². The minimum Gasteiger partial charge on any atom is -0.358 e. The summed E-state index contributed by atoms with van der Waals surface area (Å²) in [6, 6.07) is 10.2. The topological polar surface area (TPSA) is 9.23 Å². The van der Waals surface area contributed by atoms with E-state index in [4.69, 9.17) is 4.74 Å². The minimum atomic E-state index is -0.360. The Labute approximate surface area is 105 Å². The van der Waals surface area contributed by atoms with Gasteiger partial charge in [-0.1, -0.05) is 64.8 Å². The van der Waals surface area contributed by atoms with Crippen LogP contribution in [0.4, 0.5) is 0 Å². The quantitative estimate of drug-likeness (QED) is 0.472. The van der Waals surface area contributed by atoms with Gasteiger partial charge in [0.05, 0.1) is 11.0 Å². The Morgan fingerprint density at radius 2 is 1.93 bits per heavy atom. The molecule has 1 aromatic rings. The smallest absolute Gasteiger partial charge is 0.123 e. The molecule has 0 saturated heterocycles. The summed E-state index contributed by atoms with van der Waals surface area (Å²) in [5.74, 6) is 6.14. The normalized spacial score (nSPS) is 10.6. The van der Waals surface area contributed by atoms with Crippen molar-refractivity contribution in [2.75, 3.05) is 4.43 Å². The molecule has 0 radical (unpaired) electrons. The fourth-order valence-corrected chi connectivity index (χ4v) is 1.31. The van der Waals surface area contributed by atoms with E-state index in [1.54, 1.807) is 0 Å². The first-order valence-corrected chi connectivity index (χ1v) is 6.40. The second kappa shape index (κ2) is 6.14. The highest BCUT2D eigenvalue weighted by Crippen LogP contribution is 2.11. The van der Waals surface area contributed by atoms with Gasteiger partial charge < -0.3 is 4.74 Å². The van der Waals surface area contributed by atoms with Gasteiger partial charge in [0.15, 0.2) is 0 Å². The Morgan fingerprint density at radius 3 is 2.53 bits per heavy atom. The second-order valence-corrected chi connectivity index (χ2v) is 4.48. The molecular formula is C13H15IO. The van der Waals surface area contributed by atoms with Crippen LogP contribution < -0.4 is 0 Å². The molecule has 2 heteroatoms. The highest BCUT2D eigenvalue weighted by atomic mass is 127. The van der Waals surface area contributed by atoms with E-state index < -0.39 is 0 Å². The summed E-state index contributed by atoms with van der Waals surface area (Å²) in [4.78, 5) is 0. The Bertz CT molecular complexity index is 346. The van der Waals surface area contributed by atoms with Crippen LogP contribution in [0.25, 0.3) is 0 Å². The first-order chi connectivity index (χ1) is 7.14. The van der Waals surface area contributed by atoms with Crippen molar-refractivity contribution >= 4 is 22.6 Å². The summed E-state index contributed by atoms with van der Waals surface area (Å²) < 4.78 is 6.58. The van der Waals surface area contributed by atoms with E-state index in [2.05, 4.69) is 46.6 Å². The second-order valence-electron chi connectivity index (χ2n) is 3.72. The molecule has 0 fully saturated rings. The summed E-state index contributed by atoms with van der Waals surface area (Å²) in [7, 11) is 0. The maximum absolute atomic E-state index is 5.74. The molecule has 0 aliphatic heterocycles. The van der Waals surface area contributed by atoms with Crippen LogP contribution in [0.2, 0.25) is 0 Å². The van der Waals surface area contributed by atoms with Crippen molar-refractivity contribution in [2.45, 2.75) is 26.1 Å². The van der Waals surface area contributed by atoms with Gasteiger partial charge in [-0.3, -0.25) is 0 Å². The fraction of sp³-hybridized carbons (Fsp3) is 0.385. The lowest BCUT2D eigenvalue weighted by Crippen LogP contribution is -2.21. The van der Waals surface area contributed by atoms with Crippen molar-refractivity contribution in [3.63, 3.8) is 0 Å². The summed E-state index contributed by atoms with van der Waals surface area (Å²) in [6.07, 6.45) is 0. The fourth-order valence-electron chi connectivity index (χ4n) is 1.12. The standard InChI is InChI=1S/C13H15IO/c1-13(2,9-6-10-14)15-11-12-7-4-3-5-8-12/h3-5,7-8H,10-11H2,1-2H3. The third-order valence-corrected chi connectivity index (χ3v) is 2.28. The predicted molar refractivity (Wildman–Crippen MR) is 72.0 cm³/mol. The van der Waals surface area contributed by atoms with Crippen LogP contribution in [0.1, 0.15) is 19.4 Å². The maximum Gasteiger partial charge on any atom is 0.123 e. The third kappa shape index (κ3) is 5.19. The average molecular weight is 314 g/mol. The van der Waals surface area contributed by atoms with Crippen molar-refractivity contribution in [3.05, 3.63) is 35.9 Å². The van der Waals surface area contributed by atoms with Crippen LogP contribution in [0.5, 0.6) is 0 Å². The van der Waals surface area contributed by atoms with Crippen molar-refractivity contribution in [2.24, 2.45) is 0 Å². The lowest BCUT2D eigenvalue weighted by molar-refractivity contribution is 0.0144. The zero-order valence-corrected chi connectivity index (χ0v) is 11.2. The molecule has 0 unspecified atom stereocenters. The van der Waals surface area contributed by atoms with E-state index in [1.807, 2.05) is 32.0 Å². The predicted octanol–water partition coefficient (Wildman–Crippen LogP) is 3.42. The first kappa shape index (κ1) is 12.5. The summed E-state index contributed by atoms with van der Waals surface area (Å²) in [5.41, 5.74) is 0.822. The van der Waals surface area contributed by atoms with E-state index >= 15 is 0 Å². The van der Waals surface area contributed by atoms with E-state index in [0.29, 0.717) is 6.61 Å². The monoisotopic (exact) mass is 314 g/mol. The Balaban J connectivity index is 2.50. The molecule has 0 bridgehead atoms. The van der Waals surface area contributed by atoms with Crippen molar-refractivity contribution in [1.82, 2.24) is 0 Å². The summed E-state index contributed by atoms with van der Waals surface area (Å²) in [6.45, 7) is 4.61. The number of ether oxygens (including phenoxy) is 1. The Kier molecular flexibility index (Phi) is 5.13. The Hall–Kier alpha value is -0.530. The number of halogens is 1. The molecule has 0 aliphatic carbocycles. The SMILES string of the molecule is CC(C)(C#CCI)OCc1ccccc1. The molecule has 0 N–H and O–H groups in total. The van der Waals surface area contributed by atoms with Gasteiger partial charge in [-0.2, -0.15) is 0 Å². The first-order valence-electron chi connectivity index (χ1n) is 4.88. The van der Waals surface area contributed by atoms with Crippen LogP contribution in [0.3, 0.4) is 0 Å². The van der Waals surface area contributed by atoms with Crippen molar-refractivity contribution < 1.29 is 4.74 Å². The lowest BCUT2D eigenvalue weighted by atomic mass is 10.1. The molecule has 0 atom stereocenters. The molecule has 0 spiro atoms. The molecule has 1 nitrogen and oxygen atoms in total. The Morgan fingerprint density at radius 1 is 1.27 bits per heavy atom. The molecule has 0 heterocycles. The average Bonchev–Trinajstić information content (AvgIpc) is 2.25. The molecule has 15 heavy (non-hydrogen) atoms. The zero-order valence-electron chi connectivity index (χ0n) is 9.09. The van der Waals surface area contributed by atoms with Crippen LogP contribution in [-0.4, -0.2) is 10.0 Å². The van der Waals surface area contributed by atoms with E-state index in [9.17, 15) is 0 Å². The molecule has 1 aromatic carbocycles. The number of hydrogen-bond acceptors (Lipinski definition) is 1. The van der Waals surface area contributed by atoms with Crippen LogP contribution in [0, 0.1) is 11.8 Å². The zero-order chi connectivity index (χ0) is 11.1. The van der Waals surface area contributed by atoms with Gasteiger partial charge in [0.1, 0.15) is 5.60 Å². The number of alkyl halides is 1. The molecule has 0 aliphatic rings. The molecule has 0 amide bonds. The van der Waals surface area contributed by atoms with Crippen LogP contribution in [-0.2, 0) is 11.3 Å². The van der Waals surface area contributed by atoms with Gasteiger partial charge in [0.2, 0.25) is 0 Å². The highest BCUT2D eigenvalue weighted by Gasteiger charge is 2.13. The van der Waals surface area contributed by atoms with Crippen molar-refractivity contribution in [1.29, 1.82) is 0 Å². The molecular weight excluding hydrogens is 299 g/mol. The largest absolute Gasteiger partial charge is 0.358 e. The van der Waals surface area contributed by atoms with Crippen LogP contribution >= 0.6 is 22.6 Å². The maximum atomic E-state index is 5.74. The summed E-state index contributed by atoms with van der Waals surface area (Å²) >= 11 is 2.24. The number of hydrogen-bond donors (Lipinski definition) is 0. The van der Waals surface area contributed by atoms with Crippen LogP contribution in [0.15, 0.2) is 30.3 Å². The minimum absolute atomic E-state index is 0.360. The van der Waals surface area contributed by atoms with E-state index in [1.165, 1.54) is 5.56 Å². The van der Waals surface area contributed by atoms with Crippen molar-refractivity contribution in [3.8, 4) is 11.8 Å². The molecule has 0 aromatic heterocycles. The van der Waals surface area contributed by atoms with Gasteiger partial charge in [0, 0.05) is 0 Å². The van der Waals surface area contributed by atoms with Gasteiger partial charge in [-0.25, -0.2) is 0 Å². The van der Waals surface area contributed by atoms with E-state index in [-0.39, 0.29) is 5.60 Å². The highest BCUT2D eigenvalue weighted by molar-refractivity contribution is 14.1. The van der Waals surface area contributed by atoms with Gasteiger partial charge in [0.25, 0.3) is 0 Å². The lowest BCUT2D eigenvalue weighted by Gasteiger charge is -2.18.